The summed E-state index contributed by atoms with van der Waals surface area (Å²) >= 11 is 0. The van der Waals surface area contributed by atoms with Crippen LogP contribution in [-0.2, 0) is 22.2 Å². The first-order valence-electron chi connectivity index (χ1n) is 8.70. The molecule has 0 spiro atoms. The van der Waals surface area contributed by atoms with Crippen LogP contribution in [0.4, 0.5) is 18.9 Å². The van der Waals surface area contributed by atoms with E-state index in [4.69, 9.17) is 0 Å². The van der Waals surface area contributed by atoms with Crippen LogP contribution in [0.25, 0.3) is 0 Å². The number of rotatable bonds is 4. The molecule has 2 aromatic rings. The van der Waals surface area contributed by atoms with Crippen molar-refractivity contribution < 1.29 is 22.8 Å². The number of benzene rings is 1. The summed E-state index contributed by atoms with van der Waals surface area (Å²) in [4.78, 5) is 40.3. The third kappa shape index (κ3) is 4.41. The Hall–Kier alpha value is -3.10. The summed E-state index contributed by atoms with van der Waals surface area (Å²) in [5, 5.41) is 2.24. The van der Waals surface area contributed by atoms with E-state index in [9.17, 15) is 27.6 Å². The van der Waals surface area contributed by atoms with Gasteiger partial charge in [0.25, 0.3) is 5.56 Å². The molecule has 148 valence electrons. The van der Waals surface area contributed by atoms with Crippen molar-refractivity contribution in [2.45, 2.75) is 31.5 Å². The molecule has 1 fully saturated rings. The average molecular weight is 393 g/mol. The molecule has 2 amide bonds. The standard InChI is InChI=1S/C19H18F3N3O3/c20-19(21,22)13-10-14(17(27)23-11-13)24-18(28)15-7-4-8-25(15)16(26)9-12-5-2-1-3-6-12/h1-3,5-6,10-11,15H,4,7-9H2,(H,23,27)(H,24,28). The number of aromatic amines is 1. The molecule has 6 nitrogen and oxygen atoms in total. The molecule has 1 aromatic heterocycles. The molecule has 0 saturated carbocycles. The van der Waals surface area contributed by atoms with Crippen LogP contribution in [0.5, 0.6) is 0 Å². The molecule has 1 aliphatic heterocycles. The van der Waals surface area contributed by atoms with Crippen LogP contribution in [0.15, 0.2) is 47.4 Å². The number of likely N-dealkylation sites (tertiary alicyclic amines) is 1. The van der Waals surface area contributed by atoms with Crippen molar-refractivity contribution >= 4 is 17.5 Å². The van der Waals surface area contributed by atoms with Crippen LogP contribution < -0.4 is 10.9 Å². The number of nitrogens with zero attached hydrogens (tertiary/aromatic N) is 1. The number of alkyl halides is 3. The lowest BCUT2D eigenvalue weighted by Gasteiger charge is -2.24. The minimum absolute atomic E-state index is 0.120. The monoisotopic (exact) mass is 393 g/mol. The number of nitrogens with one attached hydrogen (secondary N) is 2. The Labute approximate surface area is 158 Å². The van der Waals surface area contributed by atoms with Crippen molar-refractivity contribution in [3.8, 4) is 0 Å². The Balaban J connectivity index is 1.73. The van der Waals surface area contributed by atoms with Gasteiger partial charge >= 0.3 is 6.18 Å². The Kier molecular flexibility index (Phi) is 5.53. The van der Waals surface area contributed by atoms with Gasteiger partial charge in [-0.1, -0.05) is 30.3 Å². The van der Waals surface area contributed by atoms with Crippen LogP contribution in [0.1, 0.15) is 24.0 Å². The molecular formula is C19H18F3N3O3. The van der Waals surface area contributed by atoms with Gasteiger partial charge in [-0.15, -0.1) is 0 Å². The molecule has 1 saturated heterocycles. The minimum Gasteiger partial charge on any atom is -0.330 e. The third-order valence-corrected chi connectivity index (χ3v) is 4.56. The number of carbonyl (C=O) groups excluding carboxylic acids is 2. The maximum atomic E-state index is 12.8. The van der Waals surface area contributed by atoms with Gasteiger partial charge in [0.05, 0.1) is 12.0 Å². The zero-order chi connectivity index (χ0) is 20.3. The second-order valence-corrected chi connectivity index (χ2v) is 6.53. The second kappa shape index (κ2) is 7.87. The second-order valence-electron chi connectivity index (χ2n) is 6.53. The molecular weight excluding hydrogens is 375 g/mol. The zero-order valence-corrected chi connectivity index (χ0v) is 14.8. The van der Waals surface area contributed by atoms with E-state index in [1.54, 1.807) is 24.3 Å². The predicted molar refractivity (Wildman–Crippen MR) is 95.6 cm³/mol. The molecule has 3 rings (SSSR count). The van der Waals surface area contributed by atoms with Gasteiger partial charge in [0, 0.05) is 12.7 Å². The first-order valence-corrected chi connectivity index (χ1v) is 8.70. The van der Waals surface area contributed by atoms with Crippen molar-refractivity contribution in [1.29, 1.82) is 0 Å². The highest BCUT2D eigenvalue weighted by molar-refractivity contribution is 5.97. The fourth-order valence-electron chi connectivity index (χ4n) is 3.17. The van der Waals surface area contributed by atoms with Crippen LogP contribution in [0.2, 0.25) is 0 Å². The SMILES string of the molecule is O=C(Nc1cc(C(F)(F)F)c[nH]c1=O)C1CCCN1C(=O)Cc1ccccc1. The van der Waals surface area contributed by atoms with Gasteiger partial charge in [0.15, 0.2) is 0 Å². The van der Waals surface area contributed by atoms with Crippen molar-refractivity contribution in [3.05, 3.63) is 64.1 Å². The maximum absolute atomic E-state index is 12.8. The highest BCUT2D eigenvalue weighted by Crippen LogP contribution is 2.29. The van der Waals surface area contributed by atoms with Gasteiger partial charge < -0.3 is 15.2 Å². The van der Waals surface area contributed by atoms with Crippen molar-refractivity contribution in [1.82, 2.24) is 9.88 Å². The topological polar surface area (TPSA) is 82.3 Å². The van der Waals surface area contributed by atoms with Gasteiger partial charge in [-0.2, -0.15) is 13.2 Å². The Morgan fingerprint density at radius 1 is 1.21 bits per heavy atom. The van der Waals surface area contributed by atoms with E-state index in [2.05, 4.69) is 5.32 Å². The summed E-state index contributed by atoms with van der Waals surface area (Å²) < 4.78 is 38.5. The molecule has 2 heterocycles. The molecule has 1 aliphatic rings. The summed E-state index contributed by atoms with van der Waals surface area (Å²) in [6, 6.07) is 8.78. The molecule has 9 heteroatoms. The molecule has 0 aliphatic carbocycles. The maximum Gasteiger partial charge on any atom is 0.417 e. The summed E-state index contributed by atoms with van der Waals surface area (Å²) in [5.41, 5.74) is -1.62. The fourth-order valence-corrected chi connectivity index (χ4v) is 3.17. The number of hydrogen-bond acceptors (Lipinski definition) is 3. The predicted octanol–water partition coefficient (Wildman–Crippen LogP) is 2.57. The van der Waals surface area contributed by atoms with Gasteiger partial charge in [-0.05, 0) is 24.5 Å². The van der Waals surface area contributed by atoms with E-state index in [1.165, 1.54) is 4.90 Å². The van der Waals surface area contributed by atoms with Crippen LogP contribution in [-0.4, -0.2) is 34.3 Å². The van der Waals surface area contributed by atoms with Gasteiger partial charge in [0.1, 0.15) is 11.7 Å². The molecule has 28 heavy (non-hydrogen) atoms. The number of H-pyrrole nitrogens is 1. The molecule has 1 atom stereocenters. The number of halogens is 3. The first kappa shape index (κ1) is 19.7. The van der Waals surface area contributed by atoms with Gasteiger partial charge in [0.2, 0.25) is 11.8 Å². The molecule has 1 aromatic carbocycles. The van der Waals surface area contributed by atoms with Gasteiger partial charge in [-0.25, -0.2) is 0 Å². The quantitative estimate of drug-likeness (QED) is 0.838. The van der Waals surface area contributed by atoms with Crippen molar-refractivity contribution in [2.24, 2.45) is 0 Å². The van der Waals surface area contributed by atoms with Crippen LogP contribution in [0.3, 0.4) is 0 Å². The normalized spacial score (nSPS) is 16.8. The number of aromatic nitrogens is 1. The zero-order valence-electron chi connectivity index (χ0n) is 14.8. The van der Waals surface area contributed by atoms with E-state index < -0.39 is 34.9 Å². The number of pyridine rings is 1. The summed E-state index contributed by atoms with van der Waals surface area (Å²) in [6.07, 6.45) is -3.02. The number of amides is 2. The van der Waals surface area contributed by atoms with E-state index in [0.717, 1.165) is 5.56 Å². The summed E-state index contributed by atoms with van der Waals surface area (Å²) in [7, 11) is 0. The summed E-state index contributed by atoms with van der Waals surface area (Å²) in [6.45, 7) is 0.378. The highest BCUT2D eigenvalue weighted by Gasteiger charge is 2.35. The van der Waals surface area contributed by atoms with Gasteiger partial charge in [-0.3, -0.25) is 14.4 Å². The van der Waals surface area contributed by atoms with E-state index in [0.29, 0.717) is 31.6 Å². The number of carbonyl (C=O) groups is 2. The average Bonchev–Trinajstić information content (AvgIpc) is 3.13. The van der Waals surface area contributed by atoms with E-state index in [1.807, 2.05) is 11.1 Å². The van der Waals surface area contributed by atoms with Crippen LogP contribution >= 0.6 is 0 Å². The molecule has 2 N–H and O–H groups in total. The molecule has 0 radical (unpaired) electrons. The lowest BCUT2D eigenvalue weighted by atomic mass is 10.1. The smallest absolute Gasteiger partial charge is 0.330 e. The number of anilines is 1. The lowest BCUT2D eigenvalue weighted by molar-refractivity contribution is -0.137. The molecule has 0 bridgehead atoms. The Bertz CT molecular complexity index is 925. The number of hydrogen-bond donors (Lipinski definition) is 2. The Morgan fingerprint density at radius 2 is 1.93 bits per heavy atom. The fraction of sp³-hybridized carbons (Fsp3) is 0.316. The highest BCUT2D eigenvalue weighted by atomic mass is 19.4. The first-order chi connectivity index (χ1) is 13.3. The largest absolute Gasteiger partial charge is 0.417 e. The van der Waals surface area contributed by atoms with Crippen molar-refractivity contribution in [2.75, 3.05) is 11.9 Å². The van der Waals surface area contributed by atoms with E-state index >= 15 is 0 Å². The molecule has 1 unspecified atom stereocenters. The third-order valence-electron chi connectivity index (χ3n) is 4.56. The summed E-state index contributed by atoms with van der Waals surface area (Å²) in [5.74, 6) is -0.925. The lowest BCUT2D eigenvalue weighted by Crippen LogP contribution is -2.44. The minimum atomic E-state index is -4.66. The van der Waals surface area contributed by atoms with Crippen LogP contribution in [0, 0.1) is 0 Å². The Morgan fingerprint density at radius 3 is 2.61 bits per heavy atom. The van der Waals surface area contributed by atoms with E-state index in [-0.39, 0.29) is 12.3 Å². The van der Waals surface area contributed by atoms with Crippen molar-refractivity contribution in [3.63, 3.8) is 0 Å².